The minimum atomic E-state index is -3.17. The van der Waals surface area contributed by atoms with Crippen LogP contribution in [0.25, 0.3) is 10.8 Å². The van der Waals surface area contributed by atoms with E-state index in [1.165, 1.54) is 10.6 Å². The van der Waals surface area contributed by atoms with Crippen molar-refractivity contribution in [3.05, 3.63) is 48.0 Å². The molecule has 1 N–H and O–H groups in total. The van der Waals surface area contributed by atoms with Gasteiger partial charge in [-0.3, -0.25) is 9.69 Å². The number of sulfonamides is 1. The van der Waals surface area contributed by atoms with Crippen molar-refractivity contribution < 1.29 is 13.2 Å². The van der Waals surface area contributed by atoms with Gasteiger partial charge in [-0.2, -0.15) is 0 Å². The number of piperidine rings is 1. The van der Waals surface area contributed by atoms with Crippen LogP contribution in [0.15, 0.2) is 42.5 Å². The molecule has 1 heterocycles. The summed E-state index contributed by atoms with van der Waals surface area (Å²) >= 11 is 0. The first kappa shape index (κ1) is 20.8. The summed E-state index contributed by atoms with van der Waals surface area (Å²) in [6.45, 7) is 3.79. The summed E-state index contributed by atoms with van der Waals surface area (Å²) in [4.78, 5) is 14.6. The highest BCUT2D eigenvalue weighted by atomic mass is 32.2. The van der Waals surface area contributed by atoms with E-state index in [2.05, 4.69) is 34.5 Å². The van der Waals surface area contributed by atoms with Crippen LogP contribution in [0.1, 0.15) is 31.4 Å². The number of amides is 1. The Balaban J connectivity index is 1.55. The fourth-order valence-electron chi connectivity index (χ4n) is 3.91. The van der Waals surface area contributed by atoms with E-state index in [1.807, 2.05) is 25.1 Å². The lowest BCUT2D eigenvalue weighted by Crippen LogP contribution is -2.47. The molecule has 1 aliphatic rings. The van der Waals surface area contributed by atoms with Gasteiger partial charge in [-0.1, -0.05) is 42.5 Å². The van der Waals surface area contributed by atoms with E-state index >= 15 is 0 Å². The normalized spacial score (nSPS) is 17.7. The maximum atomic E-state index is 12.5. The Morgan fingerprint density at radius 2 is 1.82 bits per heavy atom. The summed E-state index contributed by atoms with van der Waals surface area (Å²) < 4.78 is 24.8. The van der Waals surface area contributed by atoms with Crippen molar-refractivity contribution in [1.82, 2.24) is 14.5 Å². The molecule has 7 heteroatoms. The molecule has 0 spiro atoms. The van der Waals surface area contributed by atoms with E-state index in [0.29, 0.717) is 6.54 Å². The fraction of sp³-hybridized carbons (Fsp3) is 0.476. The van der Waals surface area contributed by atoms with Crippen molar-refractivity contribution in [2.75, 3.05) is 32.9 Å². The number of fused-ring (bicyclic) bond motifs is 1. The maximum absolute atomic E-state index is 12.5. The molecule has 0 saturated carbocycles. The molecule has 3 rings (SSSR count). The zero-order chi connectivity index (χ0) is 20.3. The summed E-state index contributed by atoms with van der Waals surface area (Å²) in [6, 6.07) is 14.3. The number of rotatable bonds is 6. The molecule has 0 bridgehead atoms. The third-order valence-electron chi connectivity index (χ3n) is 5.63. The lowest BCUT2D eigenvalue weighted by atomic mass is 9.99. The molecule has 0 aliphatic carbocycles. The third-order valence-corrected chi connectivity index (χ3v) is 6.97. The average molecular weight is 404 g/mol. The van der Waals surface area contributed by atoms with E-state index in [1.54, 1.807) is 7.05 Å². The van der Waals surface area contributed by atoms with E-state index < -0.39 is 10.0 Å². The summed E-state index contributed by atoms with van der Waals surface area (Å²) in [6.07, 6.45) is 2.73. The zero-order valence-electron chi connectivity index (χ0n) is 16.8. The van der Waals surface area contributed by atoms with Gasteiger partial charge in [-0.05, 0) is 36.1 Å². The number of carbonyl (C=O) groups excluding carboxylic acids is 1. The molecule has 1 fully saturated rings. The Bertz CT molecular complexity index is 932. The van der Waals surface area contributed by atoms with Gasteiger partial charge >= 0.3 is 0 Å². The molecule has 1 atom stereocenters. The predicted molar refractivity (Wildman–Crippen MR) is 113 cm³/mol. The van der Waals surface area contributed by atoms with Crippen molar-refractivity contribution in [3.63, 3.8) is 0 Å². The summed E-state index contributed by atoms with van der Waals surface area (Å²) in [5, 5.41) is 5.43. The van der Waals surface area contributed by atoms with E-state index in [0.717, 1.165) is 42.3 Å². The summed E-state index contributed by atoms with van der Waals surface area (Å²) in [7, 11) is -1.54. The Hall–Kier alpha value is -1.96. The van der Waals surface area contributed by atoms with E-state index in [9.17, 15) is 13.2 Å². The molecule has 1 saturated heterocycles. The number of hydrogen-bond donors (Lipinski definition) is 1. The van der Waals surface area contributed by atoms with Crippen LogP contribution in [0.2, 0.25) is 0 Å². The van der Waals surface area contributed by atoms with Gasteiger partial charge in [-0.15, -0.1) is 0 Å². The number of benzene rings is 2. The van der Waals surface area contributed by atoms with E-state index in [4.69, 9.17) is 0 Å². The van der Waals surface area contributed by atoms with Gasteiger partial charge < -0.3 is 5.32 Å². The van der Waals surface area contributed by atoms with Crippen molar-refractivity contribution in [3.8, 4) is 0 Å². The lowest BCUT2D eigenvalue weighted by Gasteiger charge is -2.35. The molecule has 28 heavy (non-hydrogen) atoms. The zero-order valence-corrected chi connectivity index (χ0v) is 17.6. The number of nitrogens with zero attached hydrogens (tertiary/aromatic N) is 2. The molecule has 1 amide bonds. The van der Waals surface area contributed by atoms with Crippen molar-refractivity contribution in [2.24, 2.45) is 0 Å². The third kappa shape index (κ3) is 4.90. The highest BCUT2D eigenvalue weighted by molar-refractivity contribution is 7.88. The predicted octanol–water partition coefficient (Wildman–Crippen LogP) is 2.37. The Morgan fingerprint density at radius 3 is 2.50 bits per heavy atom. The van der Waals surface area contributed by atoms with Crippen molar-refractivity contribution in [2.45, 2.75) is 31.8 Å². The minimum absolute atomic E-state index is 0.00430. The Morgan fingerprint density at radius 1 is 1.18 bits per heavy atom. The van der Waals surface area contributed by atoms with Gasteiger partial charge in [0.1, 0.15) is 0 Å². The van der Waals surface area contributed by atoms with Crippen LogP contribution < -0.4 is 5.32 Å². The van der Waals surface area contributed by atoms with Gasteiger partial charge in [-0.25, -0.2) is 12.7 Å². The van der Waals surface area contributed by atoms with Gasteiger partial charge in [0.25, 0.3) is 0 Å². The molecule has 0 aromatic heterocycles. The number of likely N-dealkylation sites (tertiary alicyclic amines) is 1. The standard InChI is InChI=1S/C21H29N3O3S/c1-16(19-10-6-8-17-7-4-5-9-20(17)19)22-21(25)15-24-13-11-18(12-14-24)23(2)28(3,26)27/h4-10,16,18H,11-15H2,1-3H3,(H,22,25). The number of carbonyl (C=O) groups is 1. The highest BCUT2D eigenvalue weighted by Crippen LogP contribution is 2.24. The van der Waals surface area contributed by atoms with Crippen LogP contribution in [-0.4, -0.2) is 62.5 Å². The van der Waals surface area contributed by atoms with Gasteiger partial charge in [0.2, 0.25) is 15.9 Å². The van der Waals surface area contributed by atoms with Crippen LogP contribution in [-0.2, 0) is 14.8 Å². The van der Waals surface area contributed by atoms with Crippen molar-refractivity contribution in [1.29, 1.82) is 0 Å². The van der Waals surface area contributed by atoms with E-state index in [-0.39, 0.29) is 18.0 Å². The highest BCUT2D eigenvalue weighted by Gasteiger charge is 2.28. The second-order valence-electron chi connectivity index (χ2n) is 7.64. The molecular weight excluding hydrogens is 374 g/mol. The number of nitrogens with one attached hydrogen (secondary N) is 1. The van der Waals surface area contributed by atoms with Crippen LogP contribution in [0, 0.1) is 0 Å². The molecule has 6 nitrogen and oxygen atoms in total. The quantitative estimate of drug-likeness (QED) is 0.804. The lowest BCUT2D eigenvalue weighted by molar-refractivity contribution is -0.123. The molecule has 152 valence electrons. The SMILES string of the molecule is CC(NC(=O)CN1CCC(N(C)S(C)(=O)=O)CC1)c1cccc2ccccc12. The van der Waals surface area contributed by atoms with Gasteiger partial charge in [0.05, 0.1) is 18.8 Å². The fourth-order valence-corrected chi connectivity index (χ4v) is 4.66. The van der Waals surface area contributed by atoms with Gasteiger partial charge in [0.15, 0.2) is 0 Å². The molecule has 2 aromatic rings. The topological polar surface area (TPSA) is 69.7 Å². The van der Waals surface area contributed by atoms with Crippen LogP contribution in [0.3, 0.4) is 0 Å². The minimum Gasteiger partial charge on any atom is -0.348 e. The Labute approximate surface area is 167 Å². The number of hydrogen-bond acceptors (Lipinski definition) is 4. The molecule has 1 aliphatic heterocycles. The average Bonchev–Trinajstić information content (AvgIpc) is 2.66. The smallest absolute Gasteiger partial charge is 0.234 e. The Kier molecular flexibility index (Phi) is 6.37. The van der Waals surface area contributed by atoms with Crippen LogP contribution in [0.5, 0.6) is 0 Å². The monoisotopic (exact) mass is 403 g/mol. The first-order chi connectivity index (χ1) is 13.3. The van der Waals surface area contributed by atoms with Crippen molar-refractivity contribution >= 4 is 26.7 Å². The first-order valence-corrected chi connectivity index (χ1v) is 11.5. The maximum Gasteiger partial charge on any atom is 0.234 e. The summed E-state index contributed by atoms with van der Waals surface area (Å²) in [5.74, 6) is -0.00430. The molecule has 0 radical (unpaired) electrons. The molecule has 1 unspecified atom stereocenters. The van der Waals surface area contributed by atoms with Crippen LogP contribution >= 0.6 is 0 Å². The molecular formula is C21H29N3O3S. The molecule has 2 aromatic carbocycles. The van der Waals surface area contributed by atoms with Gasteiger partial charge in [0, 0.05) is 26.2 Å². The van der Waals surface area contributed by atoms with Crippen LogP contribution in [0.4, 0.5) is 0 Å². The summed E-state index contributed by atoms with van der Waals surface area (Å²) in [5.41, 5.74) is 1.11. The second-order valence-corrected chi connectivity index (χ2v) is 9.69. The first-order valence-electron chi connectivity index (χ1n) is 9.68. The second kappa shape index (κ2) is 8.59. The largest absolute Gasteiger partial charge is 0.348 e.